The van der Waals surface area contributed by atoms with Crippen molar-refractivity contribution in [1.82, 2.24) is 9.97 Å². The van der Waals surface area contributed by atoms with E-state index in [9.17, 15) is 4.79 Å². The van der Waals surface area contributed by atoms with Gasteiger partial charge >= 0.3 is 5.97 Å². The number of hydrogen-bond donors (Lipinski definition) is 2. The maximum absolute atomic E-state index is 11.1. The average Bonchev–Trinajstić information content (AvgIpc) is 2.26. The molecule has 0 aliphatic carbocycles. The molecule has 0 radical (unpaired) electrons. The average molecular weight is 254 g/mol. The number of rotatable bonds is 5. The van der Waals surface area contributed by atoms with E-state index < -0.39 is 0 Å². The van der Waals surface area contributed by atoms with Crippen molar-refractivity contribution >= 4 is 29.1 Å². The first-order valence-corrected chi connectivity index (χ1v) is 5.48. The standard InChI is InChI=1S/C10H14N4O2S/c1-3-16-8(15)5-12-10-13-6(2)4-7(14-10)9(11)17/h4H,3,5H2,1-2H3,(H2,11,17)(H,12,13,14). The maximum atomic E-state index is 11.1. The van der Waals surface area contributed by atoms with Crippen LogP contribution >= 0.6 is 12.2 Å². The van der Waals surface area contributed by atoms with E-state index in [0.717, 1.165) is 0 Å². The highest BCUT2D eigenvalue weighted by molar-refractivity contribution is 7.80. The van der Waals surface area contributed by atoms with Gasteiger partial charge in [-0.05, 0) is 19.9 Å². The van der Waals surface area contributed by atoms with Crippen LogP contribution in [0.15, 0.2) is 6.07 Å². The van der Waals surface area contributed by atoms with Crippen molar-refractivity contribution in [3.05, 3.63) is 17.5 Å². The van der Waals surface area contributed by atoms with Gasteiger partial charge in [0, 0.05) is 5.69 Å². The zero-order valence-electron chi connectivity index (χ0n) is 9.69. The second kappa shape index (κ2) is 6.09. The summed E-state index contributed by atoms with van der Waals surface area (Å²) in [7, 11) is 0. The van der Waals surface area contributed by atoms with Gasteiger partial charge in [-0.15, -0.1) is 0 Å². The number of carbonyl (C=O) groups excluding carboxylic acids is 1. The monoisotopic (exact) mass is 254 g/mol. The summed E-state index contributed by atoms with van der Waals surface area (Å²) >= 11 is 4.83. The number of hydrogen-bond acceptors (Lipinski definition) is 6. The lowest BCUT2D eigenvalue weighted by molar-refractivity contribution is -0.140. The summed E-state index contributed by atoms with van der Waals surface area (Å²) in [6.45, 7) is 3.88. The molecule has 17 heavy (non-hydrogen) atoms. The Kier molecular flexibility index (Phi) is 4.77. The lowest BCUT2D eigenvalue weighted by Gasteiger charge is -2.07. The van der Waals surface area contributed by atoms with Crippen LogP contribution in [-0.4, -0.2) is 34.1 Å². The Labute approximate surface area is 105 Å². The molecule has 0 fully saturated rings. The number of aryl methyl sites for hydroxylation is 1. The van der Waals surface area contributed by atoms with Crippen LogP contribution in [0.3, 0.4) is 0 Å². The van der Waals surface area contributed by atoms with Gasteiger partial charge in [-0.1, -0.05) is 12.2 Å². The molecule has 0 aliphatic heterocycles. The maximum Gasteiger partial charge on any atom is 0.325 e. The van der Waals surface area contributed by atoms with Crippen molar-refractivity contribution in [3.8, 4) is 0 Å². The van der Waals surface area contributed by atoms with Crippen molar-refractivity contribution in [3.63, 3.8) is 0 Å². The van der Waals surface area contributed by atoms with Crippen molar-refractivity contribution in [2.75, 3.05) is 18.5 Å². The van der Waals surface area contributed by atoms with E-state index in [1.54, 1.807) is 19.9 Å². The van der Waals surface area contributed by atoms with E-state index in [4.69, 9.17) is 22.7 Å². The first-order chi connectivity index (χ1) is 8.02. The van der Waals surface area contributed by atoms with Gasteiger partial charge in [0.25, 0.3) is 0 Å². The molecule has 1 rings (SSSR count). The lowest BCUT2D eigenvalue weighted by Crippen LogP contribution is -2.20. The van der Waals surface area contributed by atoms with Gasteiger partial charge in [0.15, 0.2) is 0 Å². The van der Waals surface area contributed by atoms with Gasteiger partial charge in [-0.2, -0.15) is 0 Å². The second-order valence-electron chi connectivity index (χ2n) is 3.24. The molecule has 0 bridgehead atoms. The minimum absolute atomic E-state index is 0.00800. The minimum atomic E-state index is -0.366. The van der Waals surface area contributed by atoms with E-state index in [2.05, 4.69) is 15.3 Å². The quantitative estimate of drug-likeness (QED) is 0.580. The summed E-state index contributed by atoms with van der Waals surface area (Å²) in [6.07, 6.45) is 0. The third-order valence-electron chi connectivity index (χ3n) is 1.80. The molecule has 1 heterocycles. The van der Waals surface area contributed by atoms with Gasteiger partial charge in [0.05, 0.1) is 6.61 Å². The molecule has 1 aromatic heterocycles. The van der Waals surface area contributed by atoms with Crippen LogP contribution in [0, 0.1) is 6.92 Å². The summed E-state index contributed by atoms with van der Waals surface area (Å²) in [6, 6.07) is 1.68. The topological polar surface area (TPSA) is 90.1 Å². The third-order valence-corrected chi connectivity index (χ3v) is 2.01. The molecule has 0 aromatic carbocycles. The summed E-state index contributed by atoms with van der Waals surface area (Å²) in [4.78, 5) is 19.5. The fourth-order valence-corrected chi connectivity index (χ4v) is 1.24. The fourth-order valence-electron chi connectivity index (χ4n) is 1.14. The van der Waals surface area contributed by atoms with E-state index in [1.165, 1.54) is 0 Å². The van der Waals surface area contributed by atoms with Crippen molar-refractivity contribution in [2.45, 2.75) is 13.8 Å². The third kappa shape index (κ3) is 4.31. The normalized spacial score (nSPS) is 9.76. The van der Waals surface area contributed by atoms with Crippen molar-refractivity contribution < 1.29 is 9.53 Å². The van der Waals surface area contributed by atoms with Crippen molar-refractivity contribution in [2.24, 2.45) is 5.73 Å². The molecule has 0 spiro atoms. The van der Waals surface area contributed by atoms with Gasteiger partial charge in [0.1, 0.15) is 17.2 Å². The van der Waals surface area contributed by atoms with E-state index in [1.807, 2.05) is 0 Å². The molecule has 92 valence electrons. The van der Waals surface area contributed by atoms with Crippen LogP contribution in [0.1, 0.15) is 18.3 Å². The number of nitrogens with one attached hydrogen (secondary N) is 1. The van der Waals surface area contributed by atoms with Crippen molar-refractivity contribution in [1.29, 1.82) is 0 Å². The molecular weight excluding hydrogens is 240 g/mol. The van der Waals surface area contributed by atoms with Crippen LogP contribution < -0.4 is 11.1 Å². The first kappa shape index (κ1) is 13.3. The number of esters is 1. The molecule has 7 heteroatoms. The summed E-state index contributed by atoms with van der Waals surface area (Å²) in [5.41, 5.74) is 6.66. The molecule has 1 aromatic rings. The van der Waals surface area contributed by atoms with Crippen LogP contribution in [0.2, 0.25) is 0 Å². The fraction of sp³-hybridized carbons (Fsp3) is 0.400. The number of carbonyl (C=O) groups is 1. The van der Waals surface area contributed by atoms with Crippen LogP contribution in [-0.2, 0) is 9.53 Å². The number of ether oxygens (including phenoxy) is 1. The predicted octanol–water partition coefficient (Wildman–Crippen LogP) is 0.394. The highest BCUT2D eigenvalue weighted by Crippen LogP contribution is 2.04. The molecule has 0 saturated heterocycles. The molecular formula is C10H14N4O2S. The largest absolute Gasteiger partial charge is 0.465 e. The van der Waals surface area contributed by atoms with Gasteiger partial charge < -0.3 is 15.8 Å². The zero-order valence-corrected chi connectivity index (χ0v) is 10.5. The number of aromatic nitrogens is 2. The Morgan fingerprint density at radius 1 is 1.59 bits per heavy atom. The lowest BCUT2D eigenvalue weighted by atomic mass is 10.3. The molecule has 0 amide bonds. The molecule has 0 unspecified atom stereocenters. The molecule has 0 saturated carbocycles. The van der Waals surface area contributed by atoms with E-state index >= 15 is 0 Å². The molecule has 0 atom stereocenters. The summed E-state index contributed by atoms with van der Waals surface area (Å²) < 4.78 is 4.76. The smallest absolute Gasteiger partial charge is 0.325 e. The summed E-state index contributed by atoms with van der Waals surface area (Å²) in [5.74, 6) is -0.0599. The number of nitrogens with two attached hydrogens (primary N) is 1. The number of nitrogens with zero attached hydrogens (tertiary/aromatic N) is 2. The predicted molar refractivity (Wildman–Crippen MR) is 67.8 cm³/mol. The van der Waals surface area contributed by atoms with Gasteiger partial charge in [-0.3, -0.25) is 4.79 Å². The number of anilines is 1. The highest BCUT2D eigenvalue weighted by atomic mass is 32.1. The van der Waals surface area contributed by atoms with Gasteiger partial charge in [-0.25, -0.2) is 9.97 Å². The number of thiocarbonyl (C=S) groups is 1. The zero-order chi connectivity index (χ0) is 12.8. The Hall–Kier alpha value is -1.76. The van der Waals surface area contributed by atoms with E-state index in [-0.39, 0.29) is 17.5 Å². The molecule has 6 nitrogen and oxygen atoms in total. The first-order valence-electron chi connectivity index (χ1n) is 5.08. The molecule has 0 aliphatic rings. The Morgan fingerprint density at radius 3 is 2.88 bits per heavy atom. The minimum Gasteiger partial charge on any atom is -0.465 e. The Morgan fingerprint density at radius 2 is 2.29 bits per heavy atom. The highest BCUT2D eigenvalue weighted by Gasteiger charge is 2.06. The van der Waals surface area contributed by atoms with Crippen LogP contribution in [0.4, 0.5) is 5.95 Å². The Bertz CT molecular complexity index is 436. The van der Waals surface area contributed by atoms with E-state index in [0.29, 0.717) is 23.9 Å². The summed E-state index contributed by atoms with van der Waals surface area (Å²) in [5, 5.41) is 2.75. The Balaban J connectivity index is 2.71. The second-order valence-corrected chi connectivity index (χ2v) is 3.68. The van der Waals surface area contributed by atoms with Crippen LogP contribution in [0.25, 0.3) is 0 Å². The van der Waals surface area contributed by atoms with Crippen LogP contribution in [0.5, 0.6) is 0 Å². The SMILES string of the molecule is CCOC(=O)CNc1nc(C)cc(C(N)=S)n1. The van der Waals surface area contributed by atoms with Gasteiger partial charge in [0.2, 0.25) is 5.95 Å². The molecule has 3 N–H and O–H groups in total.